The molecule has 3 nitrogen and oxygen atoms in total. The third kappa shape index (κ3) is 2.09. The molecule has 0 spiro atoms. The molecule has 2 heterocycles. The van der Waals surface area contributed by atoms with Crippen molar-refractivity contribution in [2.24, 2.45) is 5.73 Å². The lowest BCUT2D eigenvalue weighted by Crippen LogP contribution is -2.31. The number of fused-ring (bicyclic) bond motifs is 1. The summed E-state index contributed by atoms with van der Waals surface area (Å²) < 4.78 is 5.67. The smallest absolute Gasteiger partial charge is 0.122 e. The summed E-state index contributed by atoms with van der Waals surface area (Å²) in [5.74, 6) is 1.26. The summed E-state index contributed by atoms with van der Waals surface area (Å²) in [6.07, 6.45) is 4.49. The summed E-state index contributed by atoms with van der Waals surface area (Å²) in [6.45, 7) is 0.681. The average molecular weight is 240 g/mol. The van der Waals surface area contributed by atoms with Crippen LogP contribution in [0.2, 0.25) is 0 Å². The van der Waals surface area contributed by atoms with Crippen LogP contribution in [-0.2, 0) is 6.42 Å². The highest BCUT2D eigenvalue weighted by Gasteiger charge is 2.28. The monoisotopic (exact) mass is 240 g/mol. The minimum absolute atomic E-state index is 0.0675. The molecule has 2 aromatic rings. The maximum atomic E-state index is 6.32. The Morgan fingerprint density at radius 2 is 2.17 bits per heavy atom. The summed E-state index contributed by atoms with van der Waals surface area (Å²) in [5, 5.41) is 0. The van der Waals surface area contributed by atoms with Gasteiger partial charge in [-0.3, -0.25) is 4.98 Å². The van der Waals surface area contributed by atoms with Gasteiger partial charge in [0, 0.05) is 29.9 Å². The second kappa shape index (κ2) is 4.78. The van der Waals surface area contributed by atoms with Crippen molar-refractivity contribution in [2.45, 2.75) is 18.4 Å². The molecule has 2 atom stereocenters. The Morgan fingerprint density at radius 3 is 3.00 bits per heavy atom. The molecule has 1 aromatic heterocycles. The summed E-state index contributed by atoms with van der Waals surface area (Å²) >= 11 is 0. The SMILES string of the molecule is NC(Cc1cccnc1)C1COc2ccccc21. The summed E-state index contributed by atoms with van der Waals surface area (Å²) in [7, 11) is 0. The average Bonchev–Trinajstić information content (AvgIpc) is 2.84. The highest BCUT2D eigenvalue weighted by molar-refractivity contribution is 5.40. The quantitative estimate of drug-likeness (QED) is 0.894. The van der Waals surface area contributed by atoms with Gasteiger partial charge in [0.05, 0.1) is 6.61 Å². The van der Waals surface area contributed by atoms with E-state index in [0.717, 1.165) is 12.2 Å². The van der Waals surface area contributed by atoms with Crippen LogP contribution < -0.4 is 10.5 Å². The van der Waals surface area contributed by atoms with Crippen molar-refractivity contribution in [3.8, 4) is 5.75 Å². The second-order valence-electron chi connectivity index (χ2n) is 4.68. The third-order valence-corrected chi connectivity index (χ3v) is 3.45. The van der Waals surface area contributed by atoms with E-state index in [1.807, 2.05) is 30.5 Å². The van der Waals surface area contributed by atoms with Gasteiger partial charge >= 0.3 is 0 Å². The molecule has 0 radical (unpaired) electrons. The van der Waals surface area contributed by atoms with E-state index in [9.17, 15) is 0 Å². The molecule has 0 aliphatic carbocycles. The van der Waals surface area contributed by atoms with Gasteiger partial charge in [-0.25, -0.2) is 0 Å². The van der Waals surface area contributed by atoms with Gasteiger partial charge in [-0.1, -0.05) is 24.3 Å². The Morgan fingerprint density at radius 1 is 1.28 bits per heavy atom. The van der Waals surface area contributed by atoms with Gasteiger partial charge in [-0.05, 0) is 24.1 Å². The Labute approximate surface area is 107 Å². The Bertz CT molecular complexity index is 527. The van der Waals surface area contributed by atoms with Crippen LogP contribution in [0.15, 0.2) is 48.8 Å². The predicted octanol–water partition coefficient (Wildman–Crippen LogP) is 2.13. The van der Waals surface area contributed by atoms with E-state index < -0.39 is 0 Å². The van der Waals surface area contributed by atoms with Crippen molar-refractivity contribution >= 4 is 0 Å². The van der Waals surface area contributed by atoms with E-state index in [1.54, 1.807) is 6.20 Å². The fourth-order valence-corrected chi connectivity index (χ4v) is 2.48. The first kappa shape index (κ1) is 11.2. The molecule has 0 amide bonds. The van der Waals surface area contributed by atoms with Crippen LogP contribution in [0.4, 0.5) is 0 Å². The normalized spacial score (nSPS) is 19.1. The van der Waals surface area contributed by atoms with Crippen LogP contribution in [0.5, 0.6) is 5.75 Å². The molecule has 0 saturated carbocycles. The van der Waals surface area contributed by atoms with Crippen molar-refractivity contribution in [1.82, 2.24) is 4.98 Å². The van der Waals surface area contributed by atoms with Crippen molar-refractivity contribution in [3.05, 3.63) is 59.9 Å². The molecular weight excluding hydrogens is 224 g/mol. The van der Waals surface area contributed by atoms with E-state index in [-0.39, 0.29) is 12.0 Å². The van der Waals surface area contributed by atoms with Gasteiger partial charge < -0.3 is 10.5 Å². The largest absolute Gasteiger partial charge is 0.493 e. The number of pyridine rings is 1. The number of rotatable bonds is 3. The zero-order valence-electron chi connectivity index (χ0n) is 10.1. The maximum absolute atomic E-state index is 6.32. The molecule has 1 aliphatic rings. The number of nitrogens with two attached hydrogens (primary N) is 1. The minimum Gasteiger partial charge on any atom is -0.493 e. The molecule has 2 unspecified atom stereocenters. The van der Waals surface area contributed by atoms with Crippen LogP contribution in [-0.4, -0.2) is 17.6 Å². The molecule has 2 N–H and O–H groups in total. The van der Waals surface area contributed by atoms with E-state index >= 15 is 0 Å². The van der Waals surface area contributed by atoms with Crippen molar-refractivity contribution in [2.75, 3.05) is 6.61 Å². The van der Waals surface area contributed by atoms with Crippen molar-refractivity contribution < 1.29 is 4.74 Å². The lowest BCUT2D eigenvalue weighted by molar-refractivity contribution is 0.313. The Kier molecular flexibility index (Phi) is 2.99. The Hall–Kier alpha value is -1.87. The van der Waals surface area contributed by atoms with E-state index in [1.165, 1.54) is 11.1 Å². The predicted molar refractivity (Wildman–Crippen MR) is 70.6 cm³/mol. The van der Waals surface area contributed by atoms with E-state index in [0.29, 0.717) is 6.61 Å². The first-order chi connectivity index (χ1) is 8.84. The lowest BCUT2D eigenvalue weighted by Gasteiger charge is -2.18. The van der Waals surface area contributed by atoms with Gasteiger partial charge in [-0.15, -0.1) is 0 Å². The molecule has 3 rings (SSSR count). The highest BCUT2D eigenvalue weighted by atomic mass is 16.5. The molecule has 92 valence electrons. The van der Waals surface area contributed by atoms with Crippen LogP contribution in [0.3, 0.4) is 0 Å². The van der Waals surface area contributed by atoms with E-state index in [2.05, 4.69) is 17.1 Å². The summed E-state index contributed by atoms with van der Waals surface area (Å²) in [6, 6.07) is 12.2. The van der Waals surface area contributed by atoms with Crippen LogP contribution in [0.1, 0.15) is 17.0 Å². The van der Waals surface area contributed by atoms with Crippen molar-refractivity contribution in [3.63, 3.8) is 0 Å². The molecule has 1 aliphatic heterocycles. The van der Waals surface area contributed by atoms with Gasteiger partial charge in [0.15, 0.2) is 0 Å². The number of ether oxygens (including phenoxy) is 1. The molecule has 0 bridgehead atoms. The summed E-state index contributed by atoms with van der Waals surface area (Å²) in [4.78, 5) is 4.12. The maximum Gasteiger partial charge on any atom is 0.122 e. The number of nitrogens with zero attached hydrogens (tertiary/aromatic N) is 1. The fraction of sp³-hybridized carbons (Fsp3) is 0.267. The Balaban J connectivity index is 1.77. The third-order valence-electron chi connectivity index (χ3n) is 3.45. The number of aromatic nitrogens is 1. The van der Waals surface area contributed by atoms with Crippen LogP contribution >= 0.6 is 0 Å². The minimum atomic E-state index is 0.0675. The second-order valence-corrected chi connectivity index (χ2v) is 4.68. The van der Waals surface area contributed by atoms with Gasteiger partial charge in [-0.2, -0.15) is 0 Å². The van der Waals surface area contributed by atoms with Gasteiger partial charge in [0.1, 0.15) is 5.75 Å². The van der Waals surface area contributed by atoms with Crippen molar-refractivity contribution in [1.29, 1.82) is 0 Å². The fourth-order valence-electron chi connectivity index (χ4n) is 2.48. The molecule has 0 fully saturated rings. The molecule has 0 saturated heterocycles. The number of hydrogen-bond donors (Lipinski definition) is 1. The van der Waals surface area contributed by atoms with E-state index in [4.69, 9.17) is 10.5 Å². The number of hydrogen-bond acceptors (Lipinski definition) is 3. The number of benzene rings is 1. The molecule has 3 heteroatoms. The zero-order chi connectivity index (χ0) is 12.4. The van der Waals surface area contributed by atoms with Gasteiger partial charge in [0.2, 0.25) is 0 Å². The lowest BCUT2D eigenvalue weighted by atomic mass is 9.90. The topological polar surface area (TPSA) is 48.1 Å². The first-order valence-electron chi connectivity index (χ1n) is 6.21. The zero-order valence-corrected chi connectivity index (χ0v) is 10.1. The van der Waals surface area contributed by atoms with Gasteiger partial charge in [0.25, 0.3) is 0 Å². The summed E-state index contributed by atoms with van der Waals surface area (Å²) in [5.41, 5.74) is 8.72. The first-order valence-corrected chi connectivity index (χ1v) is 6.21. The molecule has 18 heavy (non-hydrogen) atoms. The highest BCUT2D eigenvalue weighted by Crippen LogP contribution is 2.35. The van der Waals surface area contributed by atoms with Crippen LogP contribution in [0.25, 0.3) is 0 Å². The molecular formula is C15H16N2O. The standard InChI is InChI=1S/C15H16N2O/c16-14(8-11-4-3-7-17-9-11)13-10-18-15-6-2-1-5-12(13)15/h1-7,9,13-14H,8,10,16H2. The molecule has 1 aromatic carbocycles. The number of para-hydroxylation sites is 1. The van der Waals surface area contributed by atoms with Crippen LogP contribution in [0, 0.1) is 0 Å².